The molecule has 1 fully saturated rings. The molecule has 1 aliphatic rings. The Bertz CT molecular complexity index is 536. The van der Waals surface area contributed by atoms with Gasteiger partial charge in [-0.05, 0) is 43.5 Å². The summed E-state index contributed by atoms with van der Waals surface area (Å²) in [6.07, 6.45) is 1.49. The third-order valence-electron chi connectivity index (χ3n) is 3.74. The number of nitrogens with zero attached hydrogens (tertiary/aromatic N) is 1. The summed E-state index contributed by atoms with van der Waals surface area (Å²) in [6.45, 7) is 3.14. The van der Waals surface area contributed by atoms with Crippen molar-refractivity contribution < 1.29 is 19.8 Å². The molecule has 0 atom stereocenters. The maximum atomic E-state index is 12.1. The number of phenols is 1. The van der Waals surface area contributed by atoms with Crippen molar-refractivity contribution in [2.24, 2.45) is 0 Å². The van der Waals surface area contributed by atoms with Crippen molar-refractivity contribution in [2.75, 3.05) is 19.6 Å². The summed E-state index contributed by atoms with van der Waals surface area (Å²) in [7, 11) is 0. The first-order valence-corrected chi connectivity index (χ1v) is 7.00. The summed E-state index contributed by atoms with van der Waals surface area (Å²) in [5, 5.41) is 21.2. The summed E-state index contributed by atoms with van der Waals surface area (Å²) in [5.41, 5.74) is 1.19. The van der Waals surface area contributed by atoms with E-state index in [2.05, 4.69) is 5.32 Å². The number of amides is 1. The number of benzene rings is 1. The molecule has 6 heteroatoms. The van der Waals surface area contributed by atoms with Crippen molar-refractivity contribution >= 4 is 11.9 Å². The van der Waals surface area contributed by atoms with Crippen molar-refractivity contribution in [1.82, 2.24) is 10.2 Å². The Labute approximate surface area is 123 Å². The van der Waals surface area contributed by atoms with Gasteiger partial charge >= 0.3 is 5.97 Å². The van der Waals surface area contributed by atoms with Gasteiger partial charge < -0.3 is 15.5 Å². The summed E-state index contributed by atoms with van der Waals surface area (Å²) >= 11 is 0. The van der Waals surface area contributed by atoms with Crippen LogP contribution in [-0.2, 0) is 4.79 Å². The van der Waals surface area contributed by atoms with E-state index in [1.54, 1.807) is 19.1 Å². The lowest BCUT2D eigenvalue weighted by Gasteiger charge is -2.31. The quantitative estimate of drug-likeness (QED) is 0.769. The van der Waals surface area contributed by atoms with Crippen LogP contribution in [0.15, 0.2) is 18.2 Å². The summed E-state index contributed by atoms with van der Waals surface area (Å²) in [4.78, 5) is 24.6. The molecule has 0 spiro atoms. The van der Waals surface area contributed by atoms with Crippen molar-refractivity contribution in [1.29, 1.82) is 0 Å². The Hall–Kier alpha value is -2.08. The molecule has 0 unspecified atom stereocenters. The maximum absolute atomic E-state index is 12.1. The van der Waals surface area contributed by atoms with E-state index in [1.807, 2.05) is 4.90 Å². The number of carbonyl (C=O) groups excluding carboxylic acids is 1. The smallest absolute Gasteiger partial charge is 0.317 e. The lowest BCUT2D eigenvalue weighted by molar-refractivity contribution is -0.138. The SMILES string of the molecule is Cc1cc(C(=O)NC2CCN(CC(=O)O)CC2)ccc1O. The second kappa shape index (κ2) is 6.58. The second-order valence-electron chi connectivity index (χ2n) is 5.42. The average Bonchev–Trinajstić information content (AvgIpc) is 2.43. The first kappa shape index (κ1) is 15.3. The number of carboxylic acid groups (broad SMARTS) is 1. The third kappa shape index (κ3) is 4.19. The van der Waals surface area contributed by atoms with Gasteiger partial charge in [0.1, 0.15) is 5.75 Å². The van der Waals surface area contributed by atoms with Gasteiger partial charge in [0.15, 0.2) is 0 Å². The molecule has 0 bridgehead atoms. The van der Waals surface area contributed by atoms with Crippen LogP contribution in [0.3, 0.4) is 0 Å². The van der Waals surface area contributed by atoms with Gasteiger partial charge in [-0.2, -0.15) is 0 Å². The van der Waals surface area contributed by atoms with Gasteiger partial charge in [0, 0.05) is 24.7 Å². The number of phenolic OH excluding ortho intramolecular Hbond substituents is 1. The van der Waals surface area contributed by atoms with Gasteiger partial charge in [0.2, 0.25) is 0 Å². The molecule has 1 saturated heterocycles. The predicted octanol–water partition coefficient (Wildman–Crippen LogP) is 0.979. The normalized spacial score (nSPS) is 16.6. The lowest BCUT2D eigenvalue weighted by Crippen LogP contribution is -2.45. The molecule has 0 radical (unpaired) electrons. The Morgan fingerprint density at radius 1 is 1.33 bits per heavy atom. The van der Waals surface area contributed by atoms with Gasteiger partial charge in [-0.25, -0.2) is 0 Å². The predicted molar refractivity (Wildman–Crippen MR) is 77.4 cm³/mol. The number of aliphatic carboxylic acids is 1. The van der Waals surface area contributed by atoms with Crippen LogP contribution >= 0.6 is 0 Å². The largest absolute Gasteiger partial charge is 0.508 e. The lowest BCUT2D eigenvalue weighted by atomic mass is 10.0. The molecular formula is C15H20N2O4. The highest BCUT2D eigenvalue weighted by Crippen LogP contribution is 2.17. The molecule has 1 amide bonds. The number of piperidine rings is 1. The monoisotopic (exact) mass is 292 g/mol. The minimum absolute atomic E-state index is 0.0534. The minimum atomic E-state index is -0.822. The molecule has 114 valence electrons. The standard InChI is InChI=1S/C15H20N2O4/c1-10-8-11(2-3-13(10)18)15(21)16-12-4-6-17(7-5-12)9-14(19)20/h2-3,8,12,18H,4-7,9H2,1H3,(H,16,21)(H,19,20). The van der Waals surface area contributed by atoms with Crippen LogP contribution in [0.5, 0.6) is 5.75 Å². The second-order valence-corrected chi connectivity index (χ2v) is 5.42. The van der Waals surface area contributed by atoms with E-state index in [0.717, 1.165) is 12.8 Å². The molecule has 3 N–H and O–H groups in total. The van der Waals surface area contributed by atoms with E-state index >= 15 is 0 Å². The fourth-order valence-electron chi connectivity index (χ4n) is 2.49. The number of likely N-dealkylation sites (tertiary alicyclic amines) is 1. The molecule has 0 saturated carbocycles. The minimum Gasteiger partial charge on any atom is -0.508 e. The van der Waals surface area contributed by atoms with E-state index in [4.69, 9.17) is 5.11 Å². The number of rotatable bonds is 4. The summed E-state index contributed by atoms with van der Waals surface area (Å²) in [6, 6.07) is 4.83. The topological polar surface area (TPSA) is 89.9 Å². The number of aryl methyl sites for hydroxylation is 1. The molecule has 2 rings (SSSR count). The zero-order chi connectivity index (χ0) is 15.4. The first-order chi connectivity index (χ1) is 9.95. The van der Waals surface area contributed by atoms with E-state index in [0.29, 0.717) is 24.2 Å². The van der Waals surface area contributed by atoms with E-state index in [9.17, 15) is 14.7 Å². The summed E-state index contributed by atoms with van der Waals surface area (Å²) < 4.78 is 0. The Balaban J connectivity index is 1.86. The zero-order valence-corrected chi connectivity index (χ0v) is 12.0. The molecule has 1 aromatic rings. The summed E-state index contributed by atoms with van der Waals surface area (Å²) in [5.74, 6) is -0.805. The van der Waals surface area contributed by atoms with Crippen LogP contribution < -0.4 is 5.32 Å². The van der Waals surface area contributed by atoms with Crippen LogP contribution in [-0.4, -0.2) is 52.7 Å². The molecule has 0 aromatic heterocycles. The van der Waals surface area contributed by atoms with Gasteiger partial charge in [0.25, 0.3) is 5.91 Å². The highest BCUT2D eigenvalue weighted by atomic mass is 16.4. The number of nitrogens with one attached hydrogen (secondary N) is 1. The fraction of sp³-hybridized carbons (Fsp3) is 0.467. The third-order valence-corrected chi connectivity index (χ3v) is 3.74. The van der Waals surface area contributed by atoms with Crippen LogP contribution in [0.25, 0.3) is 0 Å². The number of aromatic hydroxyl groups is 1. The molecule has 1 heterocycles. The van der Waals surface area contributed by atoms with Crippen molar-refractivity contribution in [3.63, 3.8) is 0 Å². The van der Waals surface area contributed by atoms with Gasteiger partial charge in [-0.15, -0.1) is 0 Å². The Morgan fingerprint density at radius 2 is 2.00 bits per heavy atom. The highest BCUT2D eigenvalue weighted by molar-refractivity contribution is 5.94. The van der Waals surface area contributed by atoms with Crippen molar-refractivity contribution in [3.05, 3.63) is 29.3 Å². The number of carboxylic acids is 1. The van der Waals surface area contributed by atoms with Crippen molar-refractivity contribution in [3.8, 4) is 5.75 Å². The van der Waals surface area contributed by atoms with Gasteiger partial charge in [0.05, 0.1) is 6.54 Å². The fourth-order valence-corrected chi connectivity index (χ4v) is 2.49. The van der Waals surface area contributed by atoms with E-state index < -0.39 is 5.97 Å². The number of hydrogen-bond donors (Lipinski definition) is 3. The average molecular weight is 292 g/mol. The molecule has 0 aliphatic carbocycles. The molecule has 6 nitrogen and oxygen atoms in total. The zero-order valence-electron chi connectivity index (χ0n) is 12.0. The highest BCUT2D eigenvalue weighted by Gasteiger charge is 2.22. The van der Waals surface area contributed by atoms with E-state index in [1.165, 1.54) is 6.07 Å². The molecule has 1 aromatic carbocycles. The molecular weight excluding hydrogens is 272 g/mol. The molecule has 1 aliphatic heterocycles. The Kier molecular flexibility index (Phi) is 4.80. The van der Waals surface area contributed by atoms with E-state index in [-0.39, 0.29) is 24.2 Å². The number of hydrogen-bond acceptors (Lipinski definition) is 4. The maximum Gasteiger partial charge on any atom is 0.317 e. The molecule has 21 heavy (non-hydrogen) atoms. The van der Waals surface area contributed by atoms with Crippen LogP contribution in [0.2, 0.25) is 0 Å². The van der Waals surface area contributed by atoms with Crippen molar-refractivity contribution in [2.45, 2.75) is 25.8 Å². The van der Waals surface area contributed by atoms with Gasteiger partial charge in [-0.1, -0.05) is 0 Å². The van der Waals surface area contributed by atoms with Crippen LogP contribution in [0.1, 0.15) is 28.8 Å². The van der Waals surface area contributed by atoms with Crippen LogP contribution in [0, 0.1) is 6.92 Å². The van der Waals surface area contributed by atoms with Gasteiger partial charge in [-0.3, -0.25) is 14.5 Å². The Morgan fingerprint density at radius 3 is 2.57 bits per heavy atom. The first-order valence-electron chi connectivity index (χ1n) is 7.00. The number of carbonyl (C=O) groups is 2. The van der Waals surface area contributed by atoms with Crippen LogP contribution in [0.4, 0.5) is 0 Å².